The molecule has 4 rings (SSSR count). The van der Waals surface area contributed by atoms with Gasteiger partial charge in [0, 0.05) is 30.5 Å². The van der Waals surface area contributed by atoms with Gasteiger partial charge in [-0.25, -0.2) is 0 Å². The van der Waals surface area contributed by atoms with Gasteiger partial charge in [-0.05, 0) is 30.7 Å². The van der Waals surface area contributed by atoms with Crippen LogP contribution in [-0.4, -0.2) is 35.4 Å². The fourth-order valence-electron chi connectivity index (χ4n) is 3.27. The van der Waals surface area contributed by atoms with Crippen LogP contribution in [0.15, 0.2) is 48.8 Å². The summed E-state index contributed by atoms with van der Waals surface area (Å²) in [6.45, 7) is 0.631. The van der Waals surface area contributed by atoms with E-state index in [4.69, 9.17) is 0 Å². The minimum Gasteiger partial charge on any atom is -0.356 e. The molecule has 2 atom stereocenters. The fraction of sp³-hybridized carbons (Fsp3) is 0.235. The first-order valence-electron chi connectivity index (χ1n) is 7.60. The van der Waals surface area contributed by atoms with Gasteiger partial charge in [0.2, 0.25) is 5.91 Å². The Morgan fingerprint density at radius 1 is 1.22 bits per heavy atom. The van der Waals surface area contributed by atoms with Crippen LogP contribution >= 0.6 is 0 Å². The van der Waals surface area contributed by atoms with E-state index in [0.29, 0.717) is 18.5 Å². The van der Waals surface area contributed by atoms with E-state index >= 15 is 0 Å². The molecule has 2 unspecified atom stereocenters. The number of amides is 2. The second-order valence-corrected chi connectivity index (χ2v) is 5.82. The SMILES string of the molecule is O=C(NC1CC2C(=O)Nc3ccccc3N2C1)c1ccncc1. The molecule has 6 heteroatoms. The van der Waals surface area contributed by atoms with Gasteiger partial charge < -0.3 is 15.5 Å². The molecule has 1 fully saturated rings. The van der Waals surface area contributed by atoms with E-state index in [1.54, 1.807) is 24.5 Å². The molecule has 1 aromatic carbocycles. The lowest BCUT2D eigenvalue weighted by molar-refractivity contribution is -0.117. The molecule has 0 radical (unpaired) electrons. The number of nitrogens with one attached hydrogen (secondary N) is 2. The molecule has 0 spiro atoms. The fourth-order valence-corrected chi connectivity index (χ4v) is 3.27. The summed E-state index contributed by atoms with van der Waals surface area (Å²) in [7, 11) is 0. The number of carbonyl (C=O) groups is 2. The summed E-state index contributed by atoms with van der Waals surface area (Å²) >= 11 is 0. The molecule has 2 aliphatic rings. The molecule has 23 heavy (non-hydrogen) atoms. The Morgan fingerprint density at radius 2 is 2.00 bits per heavy atom. The van der Waals surface area contributed by atoms with Gasteiger partial charge >= 0.3 is 0 Å². The van der Waals surface area contributed by atoms with Crippen LogP contribution in [0.1, 0.15) is 16.8 Å². The number of fused-ring (bicyclic) bond motifs is 3. The summed E-state index contributed by atoms with van der Waals surface area (Å²) in [6, 6.07) is 10.8. The zero-order chi connectivity index (χ0) is 15.8. The van der Waals surface area contributed by atoms with E-state index in [9.17, 15) is 9.59 Å². The molecule has 116 valence electrons. The number of nitrogens with zero attached hydrogens (tertiary/aromatic N) is 2. The molecular weight excluding hydrogens is 292 g/mol. The molecule has 2 aromatic rings. The predicted octanol–water partition coefficient (Wildman–Crippen LogP) is 1.41. The van der Waals surface area contributed by atoms with Crippen LogP contribution in [0, 0.1) is 0 Å². The number of aromatic nitrogens is 1. The van der Waals surface area contributed by atoms with E-state index in [1.807, 2.05) is 24.3 Å². The topological polar surface area (TPSA) is 74.3 Å². The normalized spacial score (nSPS) is 22.1. The lowest BCUT2D eigenvalue weighted by Gasteiger charge is -2.32. The van der Waals surface area contributed by atoms with Crippen LogP contribution in [0.25, 0.3) is 0 Å². The number of pyridine rings is 1. The Hall–Kier alpha value is -2.89. The number of anilines is 2. The lowest BCUT2D eigenvalue weighted by Crippen LogP contribution is -2.44. The molecule has 2 aliphatic heterocycles. The second kappa shape index (κ2) is 5.39. The first-order valence-corrected chi connectivity index (χ1v) is 7.60. The molecule has 6 nitrogen and oxygen atoms in total. The van der Waals surface area contributed by atoms with Crippen molar-refractivity contribution >= 4 is 23.2 Å². The van der Waals surface area contributed by atoms with Gasteiger partial charge in [-0.1, -0.05) is 12.1 Å². The third kappa shape index (κ3) is 2.42. The van der Waals surface area contributed by atoms with Crippen molar-refractivity contribution in [3.8, 4) is 0 Å². The molecular formula is C17H16N4O2. The molecule has 2 N–H and O–H groups in total. The van der Waals surface area contributed by atoms with Crippen LogP contribution in [0.4, 0.5) is 11.4 Å². The van der Waals surface area contributed by atoms with Crippen LogP contribution < -0.4 is 15.5 Å². The van der Waals surface area contributed by atoms with Crippen LogP contribution in [0.3, 0.4) is 0 Å². The average molecular weight is 308 g/mol. The number of rotatable bonds is 2. The summed E-state index contributed by atoms with van der Waals surface area (Å²) in [5, 5.41) is 5.95. The molecule has 0 bridgehead atoms. The quantitative estimate of drug-likeness (QED) is 0.880. The monoisotopic (exact) mass is 308 g/mol. The maximum atomic E-state index is 12.3. The highest BCUT2D eigenvalue weighted by Crippen LogP contribution is 2.36. The van der Waals surface area contributed by atoms with Gasteiger partial charge in [0.25, 0.3) is 5.91 Å². The van der Waals surface area contributed by atoms with Crippen molar-refractivity contribution in [2.75, 3.05) is 16.8 Å². The molecule has 1 saturated heterocycles. The Labute approximate surface area is 133 Å². The number of para-hydroxylation sites is 2. The Morgan fingerprint density at radius 3 is 2.83 bits per heavy atom. The minimum absolute atomic E-state index is 0.00985. The van der Waals surface area contributed by atoms with E-state index in [1.165, 1.54) is 0 Å². The zero-order valence-electron chi connectivity index (χ0n) is 12.4. The van der Waals surface area contributed by atoms with Crippen LogP contribution in [0.5, 0.6) is 0 Å². The van der Waals surface area contributed by atoms with Crippen LogP contribution in [0.2, 0.25) is 0 Å². The lowest BCUT2D eigenvalue weighted by atomic mass is 10.1. The average Bonchev–Trinajstić information content (AvgIpc) is 3.00. The summed E-state index contributed by atoms with van der Waals surface area (Å²) in [6.07, 6.45) is 3.80. The zero-order valence-corrected chi connectivity index (χ0v) is 12.4. The number of hydrogen-bond donors (Lipinski definition) is 2. The van der Waals surface area contributed by atoms with E-state index in [-0.39, 0.29) is 23.9 Å². The van der Waals surface area contributed by atoms with Gasteiger partial charge in [-0.15, -0.1) is 0 Å². The summed E-state index contributed by atoms with van der Waals surface area (Å²) < 4.78 is 0. The van der Waals surface area contributed by atoms with Crippen LogP contribution in [-0.2, 0) is 4.79 Å². The van der Waals surface area contributed by atoms with Gasteiger partial charge in [0.1, 0.15) is 6.04 Å². The van der Waals surface area contributed by atoms with Crippen molar-refractivity contribution in [1.82, 2.24) is 10.3 Å². The summed E-state index contributed by atoms with van der Waals surface area (Å²) in [5.41, 5.74) is 2.42. The molecule has 0 aliphatic carbocycles. The Kier molecular flexibility index (Phi) is 3.22. The Balaban J connectivity index is 1.53. The third-order valence-electron chi connectivity index (χ3n) is 4.35. The third-order valence-corrected chi connectivity index (χ3v) is 4.35. The summed E-state index contributed by atoms with van der Waals surface area (Å²) in [4.78, 5) is 30.5. The smallest absolute Gasteiger partial charge is 0.251 e. The first-order chi connectivity index (χ1) is 11.2. The molecule has 3 heterocycles. The van der Waals surface area contributed by atoms with E-state index in [0.717, 1.165) is 11.4 Å². The first kappa shape index (κ1) is 13.8. The highest BCUT2D eigenvalue weighted by molar-refractivity contribution is 6.04. The van der Waals surface area contributed by atoms with E-state index < -0.39 is 0 Å². The van der Waals surface area contributed by atoms with Gasteiger partial charge in [-0.2, -0.15) is 0 Å². The number of benzene rings is 1. The molecule has 0 saturated carbocycles. The van der Waals surface area contributed by atoms with Crippen molar-refractivity contribution in [3.63, 3.8) is 0 Å². The standard InChI is InChI=1S/C17H16N4O2/c22-16(11-5-7-18-8-6-11)19-12-9-15-17(23)20-13-3-1-2-4-14(13)21(15)10-12/h1-8,12,15H,9-10H2,(H,19,22)(H,20,23). The van der Waals surface area contributed by atoms with Crippen molar-refractivity contribution in [2.24, 2.45) is 0 Å². The van der Waals surface area contributed by atoms with Gasteiger partial charge in [-0.3, -0.25) is 14.6 Å². The van der Waals surface area contributed by atoms with Crippen molar-refractivity contribution in [3.05, 3.63) is 54.4 Å². The predicted molar refractivity (Wildman–Crippen MR) is 86.3 cm³/mol. The van der Waals surface area contributed by atoms with Gasteiger partial charge in [0.15, 0.2) is 0 Å². The maximum absolute atomic E-state index is 12.3. The van der Waals surface area contributed by atoms with Crippen molar-refractivity contribution in [1.29, 1.82) is 0 Å². The minimum atomic E-state index is -0.229. The van der Waals surface area contributed by atoms with E-state index in [2.05, 4.69) is 20.5 Å². The molecule has 2 amide bonds. The number of hydrogen-bond acceptors (Lipinski definition) is 4. The summed E-state index contributed by atoms with van der Waals surface area (Å²) in [5.74, 6) is -0.143. The molecule has 1 aromatic heterocycles. The van der Waals surface area contributed by atoms with Gasteiger partial charge in [0.05, 0.1) is 11.4 Å². The second-order valence-electron chi connectivity index (χ2n) is 5.82. The number of carbonyl (C=O) groups excluding carboxylic acids is 2. The largest absolute Gasteiger partial charge is 0.356 e. The van der Waals surface area contributed by atoms with Crippen molar-refractivity contribution in [2.45, 2.75) is 18.5 Å². The highest BCUT2D eigenvalue weighted by atomic mass is 16.2. The maximum Gasteiger partial charge on any atom is 0.251 e. The highest BCUT2D eigenvalue weighted by Gasteiger charge is 2.41. The Bertz CT molecular complexity index is 762. The van der Waals surface area contributed by atoms with Crippen molar-refractivity contribution < 1.29 is 9.59 Å².